The molecule has 0 aliphatic rings. The largest absolute Gasteiger partial charge is 0.464 e. The van der Waals surface area contributed by atoms with Gasteiger partial charge in [0.05, 0.1) is 6.61 Å². The van der Waals surface area contributed by atoms with Crippen LogP contribution in [0.25, 0.3) is 0 Å². The molecular formula is C24H39NO2. The van der Waals surface area contributed by atoms with Gasteiger partial charge in [-0.2, -0.15) is 0 Å². The van der Waals surface area contributed by atoms with Crippen molar-refractivity contribution in [1.29, 1.82) is 0 Å². The Balaban J connectivity index is 2.64. The number of esters is 1. The predicted octanol–water partition coefficient (Wildman–Crippen LogP) is 6.06. The molecule has 1 rings (SSSR count). The van der Waals surface area contributed by atoms with Crippen LogP contribution in [-0.2, 0) is 16.0 Å². The molecular weight excluding hydrogens is 334 g/mol. The molecule has 0 bridgehead atoms. The summed E-state index contributed by atoms with van der Waals surface area (Å²) < 4.78 is 5.54. The van der Waals surface area contributed by atoms with Crippen molar-refractivity contribution in [3.63, 3.8) is 0 Å². The molecule has 0 saturated carbocycles. The van der Waals surface area contributed by atoms with Gasteiger partial charge >= 0.3 is 5.97 Å². The Kier molecular flexibility index (Phi) is 10.4. The summed E-state index contributed by atoms with van der Waals surface area (Å²) in [7, 11) is 0. The molecule has 0 amide bonds. The number of ether oxygens (including phenoxy) is 1. The summed E-state index contributed by atoms with van der Waals surface area (Å²) in [4.78, 5) is 17.1. The summed E-state index contributed by atoms with van der Waals surface area (Å²) in [6.45, 7) is 15.4. The van der Waals surface area contributed by atoms with Gasteiger partial charge in [0.1, 0.15) is 6.04 Å². The predicted molar refractivity (Wildman–Crippen MR) is 116 cm³/mol. The molecule has 0 aliphatic heterocycles. The number of carbonyl (C=O) groups excluding carboxylic acids is 1. The van der Waals surface area contributed by atoms with Crippen molar-refractivity contribution in [1.82, 2.24) is 0 Å². The van der Waals surface area contributed by atoms with Crippen LogP contribution in [-0.4, -0.2) is 24.8 Å². The van der Waals surface area contributed by atoms with Crippen LogP contribution in [0.1, 0.15) is 78.4 Å². The highest BCUT2D eigenvalue weighted by Crippen LogP contribution is 2.17. The Morgan fingerprint density at radius 2 is 1.63 bits per heavy atom. The molecule has 3 heteroatoms. The third-order valence-corrected chi connectivity index (χ3v) is 5.19. The molecule has 3 nitrogen and oxygen atoms in total. The first kappa shape index (κ1) is 23.4. The second-order valence-corrected chi connectivity index (χ2v) is 8.38. The molecule has 0 saturated heterocycles. The highest BCUT2D eigenvalue weighted by molar-refractivity contribution is 5.78. The maximum absolute atomic E-state index is 12.5. The van der Waals surface area contributed by atoms with Crippen LogP contribution < -0.4 is 0 Å². The van der Waals surface area contributed by atoms with Crippen molar-refractivity contribution in [2.24, 2.45) is 22.7 Å². The van der Waals surface area contributed by atoms with E-state index in [1.54, 1.807) is 0 Å². The number of nitrogens with zero attached hydrogens (tertiary/aromatic N) is 1. The Morgan fingerprint density at radius 1 is 1.04 bits per heavy atom. The summed E-state index contributed by atoms with van der Waals surface area (Å²) in [5.41, 5.74) is 2.66. The van der Waals surface area contributed by atoms with E-state index < -0.39 is 6.04 Å². The summed E-state index contributed by atoms with van der Waals surface area (Å²) in [5.74, 6) is 1.21. The number of benzene rings is 1. The van der Waals surface area contributed by atoms with Crippen molar-refractivity contribution in [2.45, 2.75) is 79.7 Å². The first-order valence-electron chi connectivity index (χ1n) is 10.6. The SMILES string of the molecule is CCC(CC)COC(=O)C(/N=C/C(C)Cc1ccc(C(C)C)cc1)C(C)C. The van der Waals surface area contributed by atoms with Gasteiger partial charge in [0.25, 0.3) is 0 Å². The Hall–Kier alpha value is -1.64. The van der Waals surface area contributed by atoms with Crippen LogP contribution >= 0.6 is 0 Å². The zero-order chi connectivity index (χ0) is 20.4. The summed E-state index contributed by atoms with van der Waals surface area (Å²) in [6, 6.07) is 8.39. The van der Waals surface area contributed by atoms with E-state index in [-0.39, 0.29) is 17.8 Å². The van der Waals surface area contributed by atoms with Gasteiger partial charge in [-0.25, -0.2) is 4.79 Å². The quantitative estimate of drug-likeness (QED) is 0.349. The van der Waals surface area contributed by atoms with Gasteiger partial charge in [-0.15, -0.1) is 0 Å². The monoisotopic (exact) mass is 373 g/mol. The van der Waals surface area contributed by atoms with Gasteiger partial charge in [0.15, 0.2) is 0 Å². The molecule has 152 valence electrons. The lowest BCUT2D eigenvalue weighted by molar-refractivity contribution is -0.147. The molecule has 0 heterocycles. The second-order valence-electron chi connectivity index (χ2n) is 8.38. The normalized spacial score (nSPS) is 14.3. The van der Waals surface area contributed by atoms with E-state index >= 15 is 0 Å². The van der Waals surface area contributed by atoms with Crippen molar-refractivity contribution < 1.29 is 9.53 Å². The van der Waals surface area contributed by atoms with Gasteiger partial charge in [0.2, 0.25) is 0 Å². The number of rotatable bonds is 11. The minimum Gasteiger partial charge on any atom is -0.464 e. The van der Waals surface area contributed by atoms with Crippen LogP contribution in [0.15, 0.2) is 29.3 Å². The zero-order valence-corrected chi connectivity index (χ0v) is 18.4. The summed E-state index contributed by atoms with van der Waals surface area (Å²) >= 11 is 0. The minimum absolute atomic E-state index is 0.132. The van der Waals surface area contributed by atoms with Gasteiger partial charge in [-0.05, 0) is 41.2 Å². The highest BCUT2D eigenvalue weighted by Gasteiger charge is 2.23. The van der Waals surface area contributed by atoms with E-state index in [2.05, 4.69) is 63.9 Å². The molecule has 0 spiro atoms. The number of carbonyl (C=O) groups is 1. The number of aliphatic imine (C=N–C) groups is 1. The Labute approximate surface area is 166 Å². The van der Waals surface area contributed by atoms with E-state index in [1.165, 1.54) is 11.1 Å². The first-order chi connectivity index (χ1) is 12.8. The van der Waals surface area contributed by atoms with E-state index in [4.69, 9.17) is 4.74 Å². The standard InChI is InChI=1S/C24H39NO2/c1-8-20(9-2)16-27-24(26)23(18(5)6)25-15-19(7)14-21-10-12-22(13-11-21)17(3)4/h10-13,15,17-20,23H,8-9,14,16H2,1-7H3/b25-15+. The first-order valence-corrected chi connectivity index (χ1v) is 10.6. The average molecular weight is 374 g/mol. The molecule has 2 unspecified atom stereocenters. The van der Waals surface area contributed by atoms with E-state index in [1.807, 2.05) is 20.1 Å². The molecule has 0 radical (unpaired) electrons. The fraction of sp³-hybridized carbons (Fsp3) is 0.667. The number of hydrogen-bond acceptors (Lipinski definition) is 3. The third-order valence-electron chi connectivity index (χ3n) is 5.19. The van der Waals surface area contributed by atoms with Gasteiger partial charge < -0.3 is 4.74 Å². The van der Waals surface area contributed by atoms with Crippen LogP contribution in [0.2, 0.25) is 0 Å². The average Bonchev–Trinajstić information content (AvgIpc) is 2.62. The highest BCUT2D eigenvalue weighted by atomic mass is 16.5. The van der Waals surface area contributed by atoms with E-state index in [0.717, 1.165) is 19.3 Å². The van der Waals surface area contributed by atoms with E-state index in [0.29, 0.717) is 18.4 Å². The van der Waals surface area contributed by atoms with Crippen molar-refractivity contribution in [2.75, 3.05) is 6.61 Å². The summed E-state index contributed by atoms with van der Waals surface area (Å²) in [6.07, 6.45) is 4.92. The van der Waals surface area contributed by atoms with Gasteiger partial charge in [0, 0.05) is 6.21 Å². The van der Waals surface area contributed by atoms with Crippen LogP contribution in [0.3, 0.4) is 0 Å². The van der Waals surface area contributed by atoms with Crippen molar-refractivity contribution in [3.8, 4) is 0 Å². The molecule has 0 aromatic heterocycles. The summed E-state index contributed by atoms with van der Waals surface area (Å²) in [5, 5.41) is 0. The lowest BCUT2D eigenvalue weighted by atomic mass is 9.97. The van der Waals surface area contributed by atoms with Crippen molar-refractivity contribution in [3.05, 3.63) is 35.4 Å². The minimum atomic E-state index is -0.412. The Morgan fingerprint density at radius 3 is 2.11 bits per heavy atom. The van der Waals surface area contributed by atoms with E-state index in [9.17, 15) is 4.79 Å². The smallest absolute Gasteiger partial charge is 0.331 e. The fourth-order valence-electron chi connectivity index (χ4n) is 3.02. The van der Waals surface area contributed by atoms with Gasteiger partial charge in [-0.1, -0.05) is 85.6 Å². The molecule has 27 heavy (non-hydrogen) atoms. The molecule has 2 atom stereocenters. The zero-order valence-electron chi connectivity index (χ0n) is 18.4. The molecule has 0 aliphatic carbocycles. The molecule has 1 aromatic rings. The fourth-order valence-corrected chi connectivity index (χ4v) is 3.02. The topological polar surface area (TPSA) is 38.7 Å². The third kappa shape index (κ3) is 8.28. The maximum atomic E-state index is 12.5. The van der Waals surface area contributed by atoms with Crippen LogP contribution in [0.4, 0.5) is 0 Å². The van der Waals surface area contributed by atoms with Crippen LogP contribution in [0, 0.1) is 17.8 Å². The molecule has 1 aromatic carbocycles. The number of hydrogen-bond donors (Lipinski definition) is 0. The lowest BCUT2D eigenvalue weighted by Crippen LogP contribution is -2.29. The lowest BCUT2D eigenvalue weighted by Gasteiger charge is -2.19. The van der Waals surface area contributed by atoms with Crippen molar-refractivity contribution >= 4 is 12.2 Å². The Bertz CT molecular complexity index is 571. The second kappa shape index (κ2) is 11.9. The van der Waals surface area contributed by atoms with Crippen LogP contribution in [0.5, 0.6) is 0 Å². The molecule has 0 fully saturated rings. The molecule has 0 N–H and O–H groups in total. The maximum Gasteiger partial charge on any atom is 0.331 e. The van der Waals surface area contributed by atoms with Gasteiger partial charge in [-0.3, -0.25) is 4.99 Å².